The monoisotopic (exact) mass is 492 g/mol. The first-order valence-corrected chi connectivity index (χ1v) is 11.1. The zero-order chi connectivity index (χ0) is 25.3. The van der Waals surface area contributed by atoms with Crippen molar-refractivity contribution in [3.05, 3.63) is 80.9 Å². The molecule has 2 aromatic carbocycles. The Morgan fingerprint density at radius 1 is 0.714 bits per heavy atom. The number of hydrogen-bond donors (Lipinski definition) is 0. The molecule has 0 unspecified atom stereocenters. The third kappa shape index (κ3) is 2.44. The second-order valence-corrected chi connectivity index (χ2v) is 10.1. The van der Waals surface area contributed by atoms with E-state index >= 15 is 0 Å². The maximum Gasteiger partial charge on any atom is 0.417 e. The minimum atomic E-state index is -5.27. The van der Waals surface area contributed by atoms with Crippen LogP contribution in [-0.2, 0) is 26.7 Å². The van der Waals surface area contributed by atoms with Gasteiger partial charge in [0.2, 0.25) is 0 Å². The molecule has 0 amide bonds. The second kappa shape index (κ2) is 6.36. The van der Waals surface area contributed by atoms with Crippen molar-refractivity contribution < 1.29 is 40.7 Å². The van der Waals surface area contributed by atoms with Crippen LogP contribution in [0.4, 0.5) is 26.3 Å². The van der Waals surface area contributed by atoms with Crippen LogP contribution in [0, 0.1) is 10.8 Å². The summed E-state index contributed by atoms with van der Waals surface area (Å²) in [5, 5.41) is 0. The minimum Gasteiger partial charge on any atom is -0.392 e. The summed E-state index contributed by atoms with van der Waals surface area (Å²) in [6, 6.07) is 7.78. The SMILES string of the molecule is CC1=C(C)C[C@]23C(=O)OC(=O)[C@]2(C1)[C@@H]1c2ccccc2[C@H]3c2cc(C(F)(F)F)c(C(F)(F)F)cc21. The number of alkyl halides is 6. The highest BCUT2D eigenvalue weighted by Crippen LogP contribution is 2.77. The van der Waals surface area contributed by atoms with Gasteiger partial charge in [-0.05, 0) is 61.1 Å². The lowest BCUT2D eigenvalue weighted by atomic mass is 9.37. The molecular formula is C26H18F6O3. The molecule has 0 aromatic heterocycles. The summed E-state index contributed by atoms with van der Waals surface area (Å²) in [5.41, 5.74) is -3.90. The van der Waals surface area contributed by atoms with Gasteiger partial charge in [0.15, 0.2) is 0 Å². The van der Waals surface area contributed by atoms with Gasteiger partial charge >= 0.3 is 24.3 Å². The number of carbonyl (C=O) groups excluding carboxylic acids is 2. The van der Waals surface area contributed by atoms with Crippen LogP contribution in [0.3, 0.4) is 0 Å². The molecule has 9 heteroatoms. The topological polar surface area (TPSA) is 43.4 Å². The van der Waals surface area contributed by atoms with Crippen molar-refractivity contribution in [1.82, 2.24) is 0 Å². The number of carbonyl (C=O) groups is 2. The van der Waals surface area contributed by atoms with E-state index < -0.39 is 58.1 Å². The predicted octanol–water partition coefficient (Wildman–Crippen LogP) is 6.50. The van der Waals surface area contributed by atoms with Crippen molar-refractivity contribution in [2.45, 2.75) is 50.9 Å². The second-order valence-electron chi connectivity index (χ2n) is 10.1. The highest BCUT2D eigenvalue weighted by molar-refractivity contribution is 6.06. The molecule has 4 aliphatic carbocycles. The summed E-state index contributed by atoms with van der Waals surface area (Å²) in [5.74, 6) is -3.75. The highest BCUT2D eigenvalue weighted by atomic mass is 19.4. The van der Waals surface area contributed by atoms with E-state index in [-0.39, 0.29) is 24.0 Å². The van der Waals surface area contributed by atoms with Gasteiger partial charge in [0, 0.05) is 11.8 Å². The summed E-state index contributed by atoms with van der Waals surface area (Å²) in [7, 11) is 0. The Labute approximate surface area is 195 Å². The summed E-state index contributed by atoms with van der Waals surface area (Å²) in [6.07, 6.45) is -10.4. The molecular weight excluding hydrogens is 474 g/mol. The molecule has 0 spiro atoms. The molecule has 182 valence electrons. The number of allylic oxidation sites excluding steroid dienone is 2. The smallest absolute Gasteiger partial charge is 0.392 e. The Kier molecular flexibility index (Phi) is 4.07. The summed E-state index contributed by atoms with van der Waals surface area (Å²) in [4.78, 5) is 26.9. The van der Waals surface area contributed by atoms with Crippen LogP contribution in [0.15, 0.2) is 47.5 Å². The molecule has 1 fully saturated rings. The fourth-order valence-corrected chi connectivity index (χ4v) is 7.22. The maximum atomic E-state index is 13.9. The first-order chi connectivity index (χ1) is 16.2. The lowest BCUT2D eigenvalue weighted by molar-refractivity contribution is -0.162. The van der Waals surface area contributed by atoms with E-state index in [1.54, 1.807) is 38.1 Å². The van der Waals surface area contributed by atoms with Gasteiger partial charge in [0.25, 0.3) is 0 Å². The van der Waals surface area contributed by atoms with Crippen LogP contribution in [0.2, 0.25) is 0 Å². The van der Waals surface area contributed by atoms with Crippen LogP contribution in [0.5, 0.6) is 0 Å². The Bertz CT molecular complexity index is 1280. The van der Waals surface area contributed by atoms with Gasteiger partial charge in [-0.25, -0.2) is 0 Å². The number of cyclic esters (lactones) is 2. The van der Waals surface area contributed by atoms with Crippen molar-refractivity contribution >= 4 is 11.9 Å². The van der Waals surface area contributed by atoms with E-state index in [9.17, 15) is 35.9 Å². The molecule has 2 aromatic rings. The molecule has 2 bridgehead atoms. The minimum absolute atomic E-state index is 0.00338. The van der Waals surface area contributed by atoms with Gasteiger partial charge in [-0.2, -0.15) is 26.3 Å². The Balaban J connectivity index is 1.78. The summed E-state index contributed by atoms with van der Waals surface area (Å²) >= 11 is 0. The Morgan fingerprint density at radius 3 is 1.43 bits per heavy atom. The molecule has 0 radical (unpaired) electrons. The number of rotatable bonds is 0. The fourth-order valence-electron chi connectivity index (χ4n) is 7.22. The quantitative estimate of drug-likeness (QED) is 0.183. The lowest BCUT2D eigenvalue weighted by Crippen LogP contribution is -2.60. The molecule has 1 heterocycles. The number of halogens is 6. The van der Waals surface area contributed by atoms with Crippen molar-refractivity contribution in [3.63, 3.8) is 0 Å². The maximum absolute atomic E-state index is 13.9. The van der Waals surface area contributed by atoms with Gasteiger partial charge in [0.1, 0.15) is 10.8 Å². The molecule has 0 saturated carbocycles. The molecule has 0 N–H and O–H groups in total. The van der Waals surface area contributed by atoms with E-state index in [1.165, 1.54) is 0 Å². The number of benzene rings is 2. The molecule has 1 saturated heterocycles. The molecule has 5 aliphatic rings. The number of esters is 2. The molecule has 35 heavy (non-hydrogen) atoms. The van der Waals surface area contributed by atoms with Crippen molar-refractivity contribution in [2.75, 3.05) is 0 Å². The van der Waals surface area contributed by atoms with Crippen LogP contribution < -0.4 is 0 Å². The van der Waals surface area contributed by atoms with Gasteiger partial charge < -0.3 is 4.74 Å². The first kappa shape index (κ1) is 22.4. The molecule has 3 nitrogen and oxygen atoms in total. The predicted molar refractivity (Wildman–Crippen MR) is 110 cm³/mol. The van der Waals surface area contributed by atoms with Crippen molar-refractivity contribution in [2.24, 2.45) is 10.8 Å². The van der Waals surface area contributed by atoms with Crippen LogP contribution in [-0.4, -0.2) is 11.9 Å². The van der Waals surface area contributed by atoms with Crippen LogP contribution in [0.25, 0.3) is 0 Å². The average Bonchev–Trinajstić information content (AvgIpc) is 2.98. The van der Waals surface area contributed by atoms with E-state index in [4.69, 9.17) is 4.74 Å². The third-order valence-electron chi connectivity index (χ3n) is 8.59. The van der Waals surface area contributed by atoms with E-state index in [2.05, 4.69) is 0 Å². The first-order valence-electron chi connectivity index (χ1n) is 11.1. The summed E-state index contributed by atoms with van der Waals surface area (Å²) < 4.78 is 88.5. The zero-order valence-corrected chi connectivity index (χ0v) is 18.5. The van der Waals surface area contributed by atoms with Crippen molar-refractivity contribution in [3.8, 4) is 0 Å². The van der Waals surface area contributed by atoms with Crippen molar-refractivity contribution in [1.29, 1.82) is 0 Å². The number of hydrogen-bond acceptors (Lipinski definition) is 3. The Hall–Kier alpha value is -3.10. The lowest BCUT2D eigenvalue weighted by Gasteiger charge is -2.60. The van der Waals surface area contributed by atoms with Crippen LogP contribution in [0.1, 0.15) is 71.9 Å². The molecule has 7 rings (SSSR count). The third-order valence-corrected chi connectivity index (χ3v) is 8.59. The van der Waals surface area contributed by atoms with E-state index in [0.29, 0.717) is 23.3 Å². The van der Waals surface area contributed by atoms with Crippen LogP contribution >= 0.6 is 0 Å². The zero-order valence-electron chi connectivity index (χ0n) is 18.5. The Morgan fingerprint density at radius 2 is 1.09 bits per heavy atom. The van der Waals surface area contributed by atoms with Gasteiger partial charge in [0.05, 0.1) is 11.1 Å². The normalized spacial score (nSPS) is 31.1. The van der Waals surface area contributed by atoms with E-state index in [0.717, 1.165) is 11.1 Å². The largest absolute Gasteiger partial charge is 0.417 e. The fraction of sp³-hybridized carbons (Fsp3) is 0.385. The molecule has 1 aliphatic heterocycles. The highest BCUT2D eigenvalue weighted by Gasteiger charge is 2.79. The van der Waals surface area contributed by atoms with Gasteiger partial charge in [-0.3, -0.25) is 9.59 Å². The van der Waals surface area contributed by atoms with E-state index in [1.807, 2.05) is 0 Å². The average molecular weight is 492 g/mol. The van der Waals surface area contributed by atoms with Gasteiger partial charge in [-0.15, -0.1) is 0 Å². The van der Waals surface area contributed by atoms with Gasteiger partial charge in [-0.1, -0.05) is 35.4 Å². The summed E-state index contributed by atoms with van der Waals surface area (Å²) in [6.45, 7) is 3.60. The number of ether oxygens (including phenoxy) is 1. The standard InChI is InChI=1S/C26H18F6O3/c1-11-9-23-19-13-5-3-4-6-14(13)20(24(23,10-12(11)2)22(34)35-21(23)33)16-8-18(26(30,31)32)17(7-15(16)19)25(27,28)29/h3-8,19-20H,9-10H2,1-2H3/t19-,20+,23-,24-/m0/s1. The molecule has 4 atom stereocenters.